The summed E-state index contributed by atoms with van der Waals surface area (Å²) in [7, 11) is 0. The first-order valence-corrected chi connectivity index (χ1v) is 2.96. The van der Waals surface area contributed by atoms with Gasteiger partial charge in [0, 0.05) is 0 Å². The molecule has 0 aliphatic rings. The van der Waals surface area contributed by atoms with E-state index >= 15 is 0 Å². The molecular formula is H2Al2Fe2O7. The number of hydrogen-bond donors (Lipinski definition) is 2. The summed E-state index contributed by atoms with van der Waals surface area (Å²) in [5, 5.41) is 0. The summed E-state index contributed by atoms with van der Waals surface area (Å²) < 4.78 is 31.3. The van der Waals surface area contributed by atoms with E-state index in [1.165, 1.54) is 0 Å². The van der Waals surface area contributed by atoms with E-state index in [1.54, 1.807) is 0 Å². The molecule has 0 bridgehead atoms. The Balaban J connectivity index is -0.00000000400. The molecule has 0 aromatic rings. The van der Waals surface area contributed by atoms with Crippen LogP contribution in [0.4, 0.5) is 0 Å². The predicted molar refractivity (Wildman–Crippen MR) is 19.4 cm³/mol. The molecule has 11 heteroatoms. The van der Waals surface area contributed by atoms with Crippen LogP contribution >= 0.6 is 0 Å². The van der Waals surface area contributed by atoms with Gasteiger partial charge in [-0.2, -0.15) is 0 Å². The van der Waals surface area contributed by atoms with Crippen molar-refractivity contribution in [2.75, 3.05) is 0 Å². The van der Waals surface area contributed by atoms with Crippen LogP contribution in [0.5, 0.6) is 0 Å². The van der Waals surface area contributed by atoms with E-state index in [9.17, 15) is 0 Å². The summed E-state index contributed by atoms with van der Waals surface area (Å²) >= 11 is -3.00. The predicted octanol–water partition coefficient (Wildman–Crippen LogP) is -2.47. The van der Waals surface area contributed by atoms with E-state index in [2.05, 4.69) is 0 Å². The summed E-state index contributed by atoms with van der Waals surface area (Å²) in [6, 6.07) is 0. The van der Waals surface area contributed by atoms with Crippen molar-refractivity contribution < 1.29 is 66.5 Å². The third-order valence-electron chi connectivity index (χ3n) is 0. The third-order valence-corrected chi connectivity index (χ3v) is 0. The molecule has 2 radical (unpaired) electrons. The molecule has 2 N–H and O–H groups in total. The van der Waals surface area contributed by atoms with Gasteiger partial charge in [0.2, 0.25) is 0 Å². The fourth-order valence-electron chi connectivity index (χ4n) is 0. The molecule has 0 aromatic heterocycles. The summed E-state index contributed by atoms with van der Waals surface area (Å²) in [6.07, 6.45) is 0. The molecule has 0 atom stereocenters. The molecule has 0 aliphatic heterocycles. The van der Waals surface area contributed by atoms with Crippen LogP contribution in [0.2, 0.25) is 0 Å². The van der Waals surface area contributed by atoms with E-state index in [0.717, 1.165) is 0 Å². The van der Waals surface area contributed by atoms with E-state index in [-0.39, 0.29) is 50.6 Å². The van der Waals surface area contributed by atoms with Crippen molar-refractivity contribution in [3.8, 4) is 0 Å². The van der Waals surface area contributed by atoms with Gasteiger partial charge >= 0.3 is 81.0 Å². The van der Waals surface area contributed by atoms with Gasteiger partial charge in [0.15, 0.2) is 0 Å². The summed E-state index contributed by atoms with van der Waals surface area (Å²) in [5.74, 6) is 0. The zero-order valence-electron chi connectivity index (χ0n) is 4.80. The number of hydrogen-bond acceptors (Lipinski definition) is 2. The Morgan fingerprint density at radius 2 is 0.727 bits per heavy atom. The molecule has 0 aromatic carbocycles. The first-order chi connectivity index (χ1) is 2.83. The third kappa shape index (κ3) is 673. The zero-order valence-corrected chi connectivity index (χ0v) is 9.32. The molecule has 11 heavy (non-hydrogen) atoms. The van der Waals surface area contributed by atoms with Gasteiger partial charge in [-0.15, -0.1) is 0 Å². The standard InChI is InChI=1S/2Al.2Fe.2H2O.5O/h;;;;2*1H2;;;;;/q2*+1;2*+3;;;;;3*-2/p-2. The van der Waals surface area contributed by atoms with Crippen molar-refractivity contribution >= 4 is 31.0 Å². The van der Waals surface area contributed by atoms with Crippen LogP contribution < -0.4 is 0 Å². The van der Waals surface area contributed by atoms with E-state index in [0.29, 0.717) is 0 Å². The average molecular weight is 280 g/mol. The van der Waals surface area contributed by atoms with Gasteiger partial charge in [0.05, 0.1) is 0 Å². The van der Waals surface area contributed by atoms with E-state index in [4.69, 9.17) is 15.9 Å². The fraction of sp³-hybridized carbons (Fsp3) is 0. The summed E-state index contributed by atoms with van der Waals surface area (Å²) in [5.41, 5.74) is 0. The maximum atomic E-state index is 8.57. The van der Waals surface area contributed by atoms with Gasteiger partial charge in [-0.3, -0.25) is 0 Å². The van der Waals surface area contributed by atoms with Crippen molar-refractivity contribution in [3.05, 3.63) is 0 Å². The Morgan fingerprint density at radius 3 is 0.727 bits per heavy atom. The Kier molecular flexibility index (Phi) is 590. The normalized spacial score (nSPS) is 1.45. The Hall–Kier alpha value is 1.18. The van der Waals surface area contributed by atoms with E-state index in [1.807, 2.05) is 0 Å². The molecular weight excluding hydrogens is 278 g/mol. The van der Waals surface area contributed by atoms with Gasteiger partial charge in [-0.1, -0.05) is 0 Å². The van der Waals surface area contributed by atoms with Crippen molar-refractivity contribution in [1.29, 1.82) is 0 Å². The minimum absolute atomic E-state index is 0. The van der Waals surface area contributed by atoms with Gasteiger partial charge in [0.25, 0.3) is 0 Å². The van der Waals surface area contributed by atoms with E-state index < -0.39 is 31.0 Å². The molecule has 0 aliphatic carbocycles. The van der Waals surface area contributed by atoms with Crippen molar-refractivity contribution in [3.63, 3.8) is 0 Å². The molecule has 0 unspecified atom stereocenters. The van der Waals surface area contributed by atoms with Gasteiger partial charge < -0.3 is 16.4 Å². The van der Waals surface area contributed by atoms with Crippen LogP contribution in [0.25, 0.3) is 0 Å². The molecule has 0 rings (SSSR count). The first kappa shape index (κ1) is 56.7. The van der Waals surface area contributed by atoms with Crippen molar-refractivity contribution in [1.82, 2.24) is 0 Å². The molecule has 0 saturated carbocycles. The molecule has 0 fully saturated rings. The second kappa shape index (κ2) is 114. The van der Waals surface area contributed by atoms with Crippen LogP contribution in [0, 0.1) is 0 Å². The van der Waals surface area contributed by atoms with Crippen molar-refractivity contribution in [2.45, 2.75) is 0 Å². The minimum atomic E-state index is -1.50. The zero-order chi connectivity index (χ0) is 5.41. The summed E-state index contributed by atoms with van der Waals surface area (Å²) in [4.78, 5) is 0. The van der Waals surface area contributed by atoms with Crippen LogP contribution in [-0.4, -0.2) is 39.3 Å². The Labute approximate surface area is 96.9 Å². The van der Waals surface area contributed by atoms with Crippen LogP contribution in [0.3, 0.4) is 0 Å². The average Bonchev–Trinajstić information content (AvgIpc) is 1.39. The van der Waals surface area contributed by atoms with Gasteiger partial charge in [0.1, 0.15) is 0 Å². The molecule has 66 valence electrons. The van der Waals surface area contributed by atoms with Crippen LogP contribution in [0.15, 0.2) is 0 Å². The molecule has 0 amide bonds. The number of rotatable bonds is 0. The second-order valence-corrected chi connectivity index (χ2v) is 0.632. The first-order valence-electron chi connectivity index (χ1n) is 0.988. The Bertz CT molecular complexity index is 35.4. The fourth-order valence-corrected chi connectivity index (χ4v) is 0. The summed E-state index contributed by atoms with van der Waals surface area (Å²) in [6.45, 7) is 0. The topological polar surface area (TPSA) is 160 Å². The molecule has 0 spiro atoms. The SMILES string of the molecule is [Fe+3].[Fe+3].[O-2].[O-2].[O-2].[O]=[Al][OH].[O]=[Al][OH]. The second-order valence-electron chi connectivity index (χ2n) is 0.211. The monoisotopic (exact) mass is 280 g/mol. The van der Waals surface area contributed by atoms with Crippen molar-refractivity contribution in [2.24, 2.45) is 0 Å². The van der Waals surface area contributed by atoms with Gasteiger partial charge in [-0.05, 0) is 0 Å². The maximum absolute atomic E-state index is 8.57. The molecule has 7 nitrogen and oxygen atoms in total. The quantitative estimate of drug-likeness (QED) is 0.470. The molecule has 0 heterocycles. The van der Waals surface area contributed by atoms with Gasteiger partial charge in [-0.25, -0.2) is 0 Å². The van der Waals surface area contributed by atoms with Crippen LogP contribution in [-0.2, 0) is 58.2 Å². The van der Waals surface area contributed by atoms with Crippen LogP contribution in [0.1, 0.15) is 0 Å². The Morgan fingerprint density at radius 1 is 0.727 bits per heavy atom. The molecule has 0 saturated heterocycles.